The fourth-order valence-electron chi connectivity index (χ4n) is 2.27. The van der Waals surface area contributed by atoms with Gasteiger partial charge in [-0.3, -0.25) is 4.79 Å². The molecule has 0 fully saturated rings. The van der Waals surface area contributed by atoms with Crippen molar-refractivity contribution in [2.45, 2.75) is 10.6 Å². The molecule has 0 unspecified atom stereocenters. The van der Waals surface area contributed by atoms with Crippen LogP contribution in [0.15, 0.2) is 77.7 Å². The summed E-state index contributed by atoms with van der Waals surface area (Å²) in [5.41, 5.74) is 2.40. The van der Waals surface area contributed by atoms with E-state index in [-0.39, 0.29) is 5.91 Å². The lowest BCUT2D eigenvalue weighted by Gasteiger charge is -2.11. The van der Waals surface area contributed by atoms with E-state index in [4.69, 9.17) is 23.2 Å². The summed E-state index contributed by atoms with van der Waals surface area (Å²) in [5, 5.41) is 4.11. The van der Waals surface area contributed by atoms with Gasteiger partial charge in [-0.05, 0) is 42.0 Å². The number of nitrogens with one attached hydrogen (secondary N) is 1. The van der Waals surface area contributed by atoms with Gasteiger partial charge in [0.25, 0.3) is 5.91 Å². The molecule has 0 saturated heterocycles. The van der Waals surface area contributed by atoms with Crippen LogP contribution >= 0.6 is 35.0 Å². The van der Waals surface area contributed by atoms with Crippen LogP contribution in [0.3, 0.4) is 0 Å². The van der Waals surface area contributed by atoms with Crippen LogP contribution in [0.2, 0.25) is 10.0 Å². The molecule has 0 spiro atoms. The molecule has 0 bridgehead atoms. The van der Waals surface area contributed by atoms with Crippen LogP contribution in [0.5, 0.6) is 0 Å². The Labute approximate surface area is 161 Å². The van der Waals surface area contributed by atoms with E-state index in [2.05, 4.69) is 5.32 Å². The second-order valence-electron chi connectivity index (χ2n) is 5.35. The third-order valence-corrected chi connectivity index (χ3v) is 5.29. The standard InChI is InChI=1S/C20H15Cl2NOS/c21-15-11-9-14(10-12-15)13-25-19-8-4-3-7-18(19)23-20(24)16-5-1-2-6-17(16)22/h1-12H,13H2,(H,23,24). The zero-order valence-electron chi connectivity index (χ0n) is 13.2. The molecule has 0 aliphatic carbocycles. The molecule has 0 saturated carbocycles. The van der Waals surface area contributed by atoms with Gasteiger partial charge in [0.1, 0.15) is 0 Å². The summed E-state index contributed by atoms with van der Waals surface area (Å²) >= 11 is 13.7. The smallest absolute Gasteiger partial charge is 0.257 e. The maximum Gasteiger partial charge on any atom is 0.257 e. The molecule has 5 heteroatoms. The highest BCUT2D eigenvalue weighted by Gasteiger charge is 2.12. The van der Waals surface area contributed by atoms with Gasteiger partial charge in [-0.15, -0.1) is 11.8 Å². The van der Waals surface area contributed by atoms with Gasteiger partial charge in [0, 0.05) is 15.7 Å². The largest absolute Gasteiger partial charge is 0.321 e. The van der Waals surface area contributed by atoms with Crippen molar-refractivity contribution >= 4 is 46.6 Å². The summed E-state index contributed by atoms with van der Waals surface area (Å²) < 4.78 is 0. The molecule has 2 nitrogen and oxygen atoms in total. The van der Waals surface area contributed by atoms with Crippen molar-refractivity contribution in [3.8, 4) is 0 Å². The summed E-state index contributed by atoms with van der Waals surface area (Å²) in [6.07, 6.45) is 0. The van der Waals surface area contributed by atoms with Gasteiger partial charge in [0.2, 0.25) is 0 Å². The van der Waals surface area contributed by atoms with Crippen molar-refractivity contribution < 1.29 is 4.79 Å². The normalized spacial score (nSPS) is 10.5. The minimum Gasteiger partial charge on any atom is -0.321 e. The molecule has 0 heterocycles. The van der Waals surface area contributed by atoms with Gasteiger partial charge in [-0.1, -0.05) is 59.6 Å². The Kier molecular flexibility index (Phi) is 6.03. The monoisotopic (exact) mass is 387 g/mol. The van der Waals surface area contributed by atoms with Gasteiger partial charge in [0.05, 0.1) is 16.3 Å². The van der Waals surface area contributed by atoms with E-state index in [0.29, 0.717) is 10.6 Å². The number of benzene rings is 3. The number of halogens is 2. The first kappa shape index (κ1) is 17.9. The number of anilines is 1. The van der Waals surface area contributed by atoms with E-state index >= 15 is 0 Å². The number of carbonyl (C=O) groups is 1. The number of hydrogen-bond acceptors (Lipinski definition) is 2. The number of thioether (sulfide) groups is 1. The Morgan fingerprint density at radius 1 is 0.880 bits per heavy atom. The lowest BCUT2D eigenvalue weighted by molar-refractivity contribution is 0.102. The van der Waals surface area contributed by atoms with Gasteiger partial charge in [-0.2, -0.15) is 0 Å². The molecule has 0 aliphatic rings. The average Bonchev–Trinajstić information content (AvgIpc) is 2.62. The summed E-state index contributed by atoms with van der Waals surface area (Å²) in [5.74, 6) is 0.570. The van der Waals surface area contributed by atoms with Crippen molar-refractivity contribution in [2.75, 3.05) is 5.32 Å². The first-order valence-corrected chi connectivity index (χ1v) is 9.40. The van der Waals surface area contributed by atoms with Crippen molar-refractivity contribution in [3.05, 3.63) is 94.0 Å². The predicted octanol–water partition coefficient (Wildman–Crippen LogP) is 6.54. The third-order valence-electron chi connectivity index (χ3n) is 3.56. The molecule has 0 atom stereocenters. The van der Waals surface area contributed by atoms with Crippen LogP contribution in [-0.2, 0) is 5.75 Å². The molecule has 0 aromatic heterocycles. The van der Waals surface area contributed by atoms with Crippen LogP contribution in [0.4, 0.5) is 5.69 Å². The number of carbonyl (C=O) groups excluding carboxylic acids is 1. The van der Waals surface area contributed by atoms with Gasteiger partial charge in [0.15, 0.2) is 0 Å². The number of amides is 1. The Morgan fingerprint density at radius 2 is 1.56 bits per heavy atom. The maximum atomic E-state index is 12.5. The molecule has 0 aliphatic heterocycles. The first-order valence-electron chi connectivity index (χ1n) is 7.65. The predicted molar refractivity (Wildman–Crippen MR) is 107 cm³/mol. The molecule has 1 amide bonds. The topological polar surface area (TPSA) is 29.1 Å². The van der Waals surface area contributed by atoms with Crippen LogP contribution in [0.25, 0.3) is 0 Å². The highest BCUT2D eigenvalue weighted by molar-refractivity contribution is 7.98. The SMILES string of the molecule is O=C(Nc1ccccc1SCc1ccc(Cl)cc1)c1ccccc1Cl. The molecular weight excluding hydrogens is 373 g/mol. The van der Waals surface area contributed by atoms with Gasteiger partial charge in [-0.25, -0.2) is 0 Å². The van der Waals surface area contributed by atoms with Crippen LogP contribution in [0, 0.1) is 0 Å². The van der Waals surface area contributed by atoms with Crippen molar-refractivity contribution in [1.29, 1.82) is 0 Å². The molecule has 3 rings (SSSR count). The highest BCUT2D eigenvalue weighted by atomic mass is 35.5. The fraction of sp³-hybridized carbons (Fsp3) is 0.0500. The van der Waals surface area contributed by atoms with E-state index in [1.54, 1.807) is 36.0 Å². The number of para-hydroxylation sites is 1. The molecule has 25 heavy (non-hydrogen) atoms. The van der Waals surface area contributed by atoms with E-state index < -0.39 is 0 Å². The Hall–Kier alpha value is -1.94. The van der Waals surface area contributed by atoms with E-state index in [0.717, 1.165) is 21.4 Å². The minimum absolute atomic E-state index is 0.217. The Bertz CT molecular complexity index is 881. The number of rotatable bonds is 5. The van der Waals surface area contributed by atoms with Crippen LogP contribution < -0.4 is 5.32 Å². The Balaban J connectivity index is 1.73. The van der Waals surface area contributed by atoms with Crippen LogP contribution in [0.1, 0.15) is 15.9 Å². The van der Waals surface area contributed by atoms with Crippen molar-refractivity contribution in [3.63, 3.8) is 0 Å². The van der Waals surface area contributed by atoms with E-state index in [1.807, 2.05) is 48.5 Å². The molecule has 0 radical (unpaired) electrons. The summed E-state index contributed by atoms with van der Waals surface area (Å²) in [7, 11) is 0. The molecule has 1 N–H and O–H groups in total. The lowest BCUT2D eigenvalue weighted by atomic mass is 10.2. The maximum absolute atomic E-state index is 12.5. The first-order chi connectivity index (χ1) is 12.1. The summed E-state index contributed by atoms with van der Waals surface area (Å²) in [4.78, 5) is 13.5. The second-order valence-corrected chi connectivity index (χ2v) is 7.21. The van der Waals surface area contributed by atoms with E-state index in [9.17, 15) is 4.79 Å². The van der Waals surface area contributed by atoms with Crippen molar-refractivity contribution in [1.82, 2.24) is 0 Å². The quantitative estimate of drug-likeness (QED) is 0.503. The average molecular weight is 388 g/mol. The molecule has 126 valence electrons. The third kappa shape index (κ3) is 4.79. The lowest BCUT2D eigenvalue weighted by Crippen LogP contribution is -2.13. The molecule has 3 aromatic rings. The molecular formula is C20H15Cl2NOS. The summed E-state index contributed by atoms with van der Waals surface area (Å²) in [6.45, 7) is 0. The highest BCUT2D eigenvalue weighted by Crippen LogP contribution is 2.30. The number of hydrogen-bond donors (Lipinski definition) is 1. The van der Waals surface area contributed by atoms with Gasteiger partial charge < -0.3 is 5.32 Å². The summed E-state index contributed by atoms with van der Waals surface area (Å²) in [6, 6.07) is 22.5. The fourth-order valence-corrected chi connectivity index (χ4v) is 3.58. The van der Waals surface area contributed by atoms with E-state index in [1.165, 1.54) is 5.56 Å². The Morgan fingerprint density at radius 3 is 2.32 bits per heavy atom. The van der Waals surface area contributed by atoms with Crippen LogP contribution in [-0.4, -0.2) is 5.91 Å². The molecule has 3 aromatic carbocycles. The second kappa shape index (κ2) is 8.43. The minimum atomic E-state index is -0.217. The van der Waals surface area contributed by atoms with Crippen molar-refractivity contribution in [2.24, 2.45) is 0 Å². The zero-order chi connectivity index (χ0) is 17.6. The van der Waals surface area contributed by atoms with Gasteiger partial charge >= 0.3 is 0 Å². The zero-order valence-corrected chi connectivity index (χ0v) is 15.5.